The van der Waals surface area contributed by atoms with Crippen LogP contribution in [0.15, 0.2) is 18.2 Å². The van der Waals surface area contributed by atoms with Crippen molar-refractivity contribution in [2.45, 2.75) is 38.9 Å². The minimum atomic E-state index is -1.87. The van der Waals surface area contributed by atoms with E-state index in [1.165, 1.54) is 0 Å². The molecule has 4 heteroatoms. The Kier molecular flexibility index (Phi) is 3.60. The smallest absolute Gasteiger partial charge is 0.250 e. The molecule has 0 atom stereocenters. The van der Waals surface area contributed by atoms with Crippen molar-refractivity contribution in [2.24, 2.45) is 0 Å². The maximum atomic E-state index is 6.11. The van der Waals surface area contributed by atoms with Crippen LogP contribution in [0.5, 0.6) is 5.75 Å². The standard InChI is InChI=1S/C12H20ClNOSi/c1-12(2,3)16(4,5)15-11-9(13)7-6-8-10(11)14/h6-8H,14H2,1-5H3. The lowest BCUT2D eigenvalue weighted by Crippen LogP contribution is -2.44. The van der Waals surface area contributed by atoms with Crippen molar-refractivity contribution < 1.29 is 4.43 Å². The highest BCUT2D eigenvalue weighted by Crippen LogP contribution is 2.41. The quantitative estimate of drug-likeness (QED) is 0.633. The summed E-state index contributed by atoms with van der Waals surface area (Å²) in [5.41, 5.74) is 6.49. The van der Waals surface area contributed by atoms with Gasteiger partial charge < -0.3 is 10.2 Å². The Morgan fingerprint density at radius 1 is 1.25 bits per heavy atom. The van der Waals surface area contributed by atoms with Crippen molar-refractivity contribution in [3.63, 3.8) is 0 Å². The number of rotatable bonds is 2. The van der Waals surface area contributed by atoms with E-state index in [0.717, 1.165) is 0 Å². The Morgan fingerprint density at radius 3 is 2.25 bits per heavy atom. The maximum Gasteiger partial charge on any atom is 0.250 e. The van der Waals surface area contributed by atoms with Crippen molar-refractivity contribution in [1.82, 2.24) is 0 Å². The highest BCUT2D eigenvalue weighted by atomic mass is 35.5. The van der Waals surface area contributed by atoms with Gasteiger partial charge in [-0.15, -0.1) is 0 Å². The molecule has 1 rings (SSSR count). The molecule has 0 saturated heterocycles. The van der Waals surface area contributed by atoms with Gasteiger partial charge in [0, 0.05) is 0 Å². The summed E-state index contributed by atoms with van der Waals surface area (Å²) in [5.74, 6) is 0.635. The molecule has 0 aliphatic heterocycles. The first-order valence-electron chi connectivity index (χ1n) is 5.38. The molecule has 0 saturated carbocycles. The van der Waals surface area contributed by atoms with Crippen molar-refractivity contribution in [1.29, 1.82) is 0 Å². The van der Waals surface area contributed by atoms with Crippen molar-refractivity contribution in [2.75, 3.05) is 5.73 Å². The van der Waals surface area contributed by atoms with Crippen LogP contribution in [0.25, 0.3) is 0 Å². The van der Waals surface area contributed by atoms with Gasteiger partial charge in [0.25, 0.3) is 8.32 Å². The largest absolute Gasteiger partial charge is 0.541 e. The summed E-state index contributed by atoms with van der Waals surface area (Å²) in [5, 5.41) is 0.725. The lowest BCUT2D eigenvalue weighted by molar-refractivity contribution is 0.494. The molecule has 0 aliphatic rings. The van der Waals surface area contributed by atoms with Crippen molar-refractivity contribution >= 4 is 25.6 Å². The molecule has 90 valence electrons. The van der Waals surface area contributed by atoms with Crippen molar-refractivity contribution in [3.8, 4) is 5.75 Å². The second-order valence-electron chi connectivity index (χ2n) is 5.52. The Balaban J connectivity index is 3.06. The van der Waals surface area contributed by atoms with Crippen LogP contribution in [0.1, 0.15) is 20.8 Å². The van der Waals surface area contributed by atoms with Crippen LogP contribution in [0, 0.1) is 0 Å². The third-order valence-electron chi connectivity index (χ3n) is 3.16. The second-order valence-corrected chi connectivity index (χ2v) is 10.7. The molecule has 1 aromatic carbocycles. The predicted octanol–water partition coefficient (Wildman–Crippen LogP) is 4.31. The molecule has 16 heavy (non-hydrogen) atoms. The van der Waals surface area contributed by atoms with Crippen molar-refractivity contribution in [3.05, 3.63) is 23.2 Å². The van der Waals surface area contributed by atoms with E-state index in [1.807, 2.05) is 12.1 Å². The molecule has 0 heterocycles. The van der Waals surface area contributed by atoms with Gasteiger partial charge in [-0.3, -0.25) is 0 Å². The van der Waals surface area contributed by atoms with E-state index in [4.69, 9.17) is 21.8 Å². The number of nitrogens with two attached hydrogens (primary N) is 1. The summed E-state index contributed by atoms with van der Waals surface area (Å²) in [4.78, 5) is 0. The van der Waals surface area contributed by atoms with Gasteiger partial charge in [0.1, 0.15) is 5.75 Å². The third kappa shape index (κ3) is 2.71. The topological polar surface area (TPSA) is 35.2 Å². The van der Waals surface area contributed by atoms with E-state index in [9.17, 15) is 0 Å². The lowest BCUT2D eigenvalue weighted by atomic mass is 10.2. The molecule has 0 bridgehead atoms. The molecule has 0 aliphatic carbocycles. The van der Waals surface area contributed by atoms with Crippen LogP contribution in [0.4, 0.5) is 5.69 Å². The first-order chi connectivity index (χ1) is 7.15. The first-order valence-corrected chi connectivity index (χ1v) is 8.67. The zero-order valence-corrected chi connectivity index (χ0v) is 12.4. The average Bonchev–Trinajstić information content (AvgIpc) is 2.10. The van der Waals surface area contributed by atoms with Crippen LogP contribution in [-0.2, 0) is 0 Å². The summed E-state index contributed by atoms with van der Waals surface area (Å²) < 4.78 is 6.11. The van der Waals surface area contributed by atoms with Gasteiger partial charge in [-0.05, 0) is 30.3 Å². The van der Waals surface area contributed by atoms with Gasteiger partial charge in [0.2, 0.25) is 0 Å². The Bertz CT molecular complexity index is 365. The minimum absolute atomic E-state index is 0.138. The maximum absolute atomic E-state index is 6.11. The average molecular weight is 258 g/mol. The summed E-state index contributed by atoms with van der Waals surface area (Å²) in [7, 11) is -1.87. The van der Waals surface area contributed by atoms with E-state index >= 15 is 0 Å². The molecule has 0 amide bonds. The van der Waals surface area contributed by atoms with E-state index in [-0.39, 0.29) is 5.04 Å². The SMILES string of the molecule is CC(C)(C)[Si](C)(C)Oc1c(N)cccc1Cl. The molecule has 0 aromatic heterocycles. The Labute approximate surface area is 104 Å². The number of nitrogen functional groups attached to an aromatic ring is 1. The lowest BCUT2D eigenvalue weighted by Gasteiger charge is -2.37. The molecule has 2 N–H and O–H groups in total. The highest BCUT2D eigenvalue weighted by Gasteiger charge is 2.39. The molecule has 0 unspecified atom stereocenters. The van der Waals surface area contributed by atoms with Crippen LogP contribution in [-0.4, -0.2) is 8.32 Å². The van der Waals surface area contributed by atoms with Crippen LogP contribution in [0.2, 0.25) is 23.2 Å². The molecule has 0 fully saturated rings. The second kappa shape index (κ2) is 4.30. The van der Waals surface area contributed by atoms with E-state index in [0.29, 0.717) is 16.5 Å². The van der Waals surface area contributed by atoms with E-state index in [2.05, 4.69) is 33.9 Å². The molecule has 2 nitrogen and oxygen atoms in total. The monoisotopic (exact) mass is 257 g/mol. The summed E-state index contributed by atoms with van der Waals surface area (Å²) in [6.07, 6.45) is 0. The predicted molar refractivity (Wildman–Crippen MR) is 73.7 cm³/mol. The third-order valence-corrected chi connectivity index (χ3v) is 7.79. The number of hydrogen-bond acceptors (Lipinski definition) is 2. The fourth-order valence-electron chi connectivity index (χ4n) is 1.04. The van der Waals surface area contributed by atoms with E-state index in [1.54, 1.807) is 6.07 Å². The van der Waals surface area contributed by atoms with Crippen LogP contribution < -0.4 is 10.2 Å². The van der Waals surface area contributed by atoms with Crippen LogP contribution in [0.3, 0.4) is 0 Å². The summed E-state index contributed by atoms with van der Waals surface area (Å²) in [6, 6.07) is 5.45. The number of anilines is 1. The number of hydrogen-bond donors (Lipinski definition) is 1. The van der Waals surface area contributed by atoms with Gasteiger partial charge in [-0.25, -0.2) is 0 Å². The number of halogens is 1. The Morgan fingerprint density at radius 2 is 1.81 bits per heavy atom. The number of para-hydroxylation sites is 1. The molecule has 0 spiro atoms. The van der Waals surface area contributed by atoms with E-state index < -0.39 is 8.32 Å². The molecule has 1 aromatic rings. The summed E-state index contributed by atoms with van der Waals surface area (Å²) >= 11 is 6.10. The summed E-state index contributed by atoms with van der Waals surface area (Å²) in [6.45, 7) is 10.9. The van der Waals surface area contributed by atoms with Gasteiger partial charge in [-0.1, -0.05) is 38.4 Å². The highest BCUT2D eigenvalue weighted by molar-refractivity contribution is 6.74. The van der Waals surface area contributed by atoms with Gasteiger partial charge >= 0.3 is 0 Å². The van der Waals surface area contributed by atoms with Gasteiger partial charge in [-0.2, -0.15) is 0 Å². The van der Waals surface area contributed by atoms with Gasteiger partial charge in [0.15, 0.2) is 0 Å². The molecular weight excluding hydrogens is 238 g/mol. The molecular formula is C12H20ClNOSi. The first kappa shape index (κ1) is 13.4. The zero-order chi connectivity index (χ0) is 12.6. The number of benzene rings is 1. The zero-order valence-electron chi connectivity index (χ0n) is 10.6. The Hall–Kier alpha value is -0.673. The fourth-order valence-corrected chi connectivity index (χ4v) is 2.37. The van der Waals surface area contributed by atoms with Crippen LogP contribution >= 0.6 is 11.6 Å². The van der Waals surface area contributed by atoms with Gasteiger partial charge in [0.05, 0.1) is 10.7 Å². The normalized spacial score (nSPS) is 12.6. The fraction of sp³-hybridized carbons (Fsp3) is 0.500. The molecule has 0 radical (unpaired) electrons. The minimum Gasteiger partial charge on any atom is -0.541 e.